The van der Waals surface area contributed by atoms with E-state index in [1.165, 1.54) is 6.07 Å². The number of rotatable bonds is 8. The maximum Gasteiger partial charge on any atom is 0.371 e. The van der Waals surface area contributed by atoms with Gasteiger partial charge in [0.05, 0.1) is 6.04 Å². The van der Waals surface area contributed by atoms with Crippen molar-refractivity contribution in [2.24, 2.45) is 0 Å². The molecule has 0 spiro atoms. The van der Waals surface area contributed by atoms with Crippen LogP contribution >= 0.6 is 0 Å². The molecule has 2 N–H and O–H groups in total. The molecule has 0 aromatic carbocycles. The van der Waals surface area contributed by atoms with Gasteiger partial charge in [0.2, 0.25) is 5.76 Å². The Morgan fingerprint density at radius 2 is 2.11 bits per heavy atom. The van der Waals surface area contributed by atoms with Gasteiger partial charge in [-0.1, -0.05) is 0 Å². The van der Waals surface area contributed by atoms with Gasteiger partial charge in [-0.3, -0.25) is 4.90 Å². The molecule has 0 fully saturated rings. The first kappa shape index (κ1) is 14.7. The van der Waals surface area contributed by atoms with Crippen LogP contribution in [0.1, 0.15) is 48.5 Å². The van der Waals surface area contributed by atoms with E-state index in [1.54, 1.807) is 6.07 Å². The van der Waals surface area contributed by atoms with E-state index in [0.29, 0.717) is 5.76 Å². The fourth-order valence-electron chi connectivity index (χ4n) is 1.75. The van der Waals surface area contributed by atoms with Crippen molar-refractivity contribution >= 4 is 5.97 Å². The molecule has 0 aliphatic carbocycles. The zero-order chi connectivity index (χ0) is 13.5. The first-order valence-corrected chi connectivity index (χ1v) is 6.20. The number of hydrogen-bond acceptors (Lipinski definition) is 4. The van der Waals surface area contributed by atoms with E-state index in [4.69, 9.17) is 14.6 Å². The van der Waals surface area contributed by atoms with E-state index < -0.39 is 5.97 Å². The summed E-state index contributed by atoms with van der Waals surface area (Å²) >= 11 is 0. The van der Waals surface area contributed by atoms with Gasteiger partial charge in [-0.25, -0.2) is 4.79 Å². The Bertz CT molecular complexity index is 375. The Hall–Kier alpha value is -1.33. The average molecular weight is 255 g/mol. The minimum Gasteiger partial charge on any atom is -0.475 e. The number of aliphatic hydroxyl groups excluding tert-OH is 1. The predicted octanol–water partition coefficient (Wildman–Crippen LogP) is 2.13. The molecule has 1 unspecified atom stereocenters. The minimum absolute atomic E-state index is 0.0227. The van der Waals surface area contributed by atoms with E-state index in [0.717, 1.165) is 25.8 Å². The number of carbonyl (C=O) groups is 1. The number of aliphatic hydroxyl groups is 1. The SMILES string of the molecule is CC(c1ccc(C(=O)O)o1)N(C)CCCCCO. The van der Waals surface area contributed by atoms with Crippen LogP contribution in [0.4, 0.5) is 0 Å². The van der Waals surface area contributed by atoms with Crippen LogP contribution in [-0.4, -0.2) is 41.3 Å². The molecule has 102 valence electrons. The summed E-state index contributed by atoms with van der Waals surface area (Å²) < 4.78 is 5.27. The van der Waals surface area contributed by atoms with Crippen LogP contribution in [0.2, 0.25) is 0 Å². The van der Waals surface area contributed by atoms with Crippen LogP contribution < -0.4 is 0 Å². The molecule has 1 atom stereocenters. The van der Waals surface area contributed by atoms with E-state index >= 15 is 0 Å². The monoisotopic (exact) mass is 255 g/mol. The molecule has 1 heterocycles. The smallest absolute Gasteiger partial charge is 0.371 e. The highest BCUT2D eigenvalue weighted by Gasteiger charge is 2.17. The summed E-state index contributed by atoms with van der Waals surface area (Å²) in [4.78, 5) is 12.8. The van der Waals surface area contributed by atoms with Crippen LogP contribution in [0, 0.1) is 0 Å². The molecule has 5 nitrogen and oxygen atoms in total. The molecule has 0 radical (unpaired) electrons. The van der Waals surface area contributed by atoms with Gasteiger partial charge >= 0.3 is 5.97 Å². The zero-order valence-corrected chi connectivity index (χ0v) is 10.9. The maximum atomic E-state index is 10.7. The van der Waals surface area contributed by atoms with Gasteiger partial charge in [0.15, 0.2) is 0 Å². The van der Waals surface area contributed by atoms with Crippen LogP contribution in [0.15, 0.2) is 16.5 Å². The highest BCUT2D eigenvalue weighted by Crippen LogP contribution is 2.21. The molecule has 1 aromatic heterocycles. The molecule has 1 rings (SSSR count). The van der Waals surface area contributed by atoms with Gasteiger partial charge in [0.25, 0.3) is 0 Å². The third-order valence-corrected chi connectivity index (χ3v) is 3.08. The van der Waals surface area contributed by atoms with Crippen LogP contribution in [0.3, 0.4) is 0 Å². The summed E-state index contributed by atoms with van der Waals surface area (Å²) in [7, 11) is 1.98. The summed E-state index contributed by atoms with van der Waals surface area (Å²) in [5, 5.41) is 17.5. The fourth-order valence-corrected chi connectivity index (χ4v) is 1.75. The molecule has 0 amide bonds. The number of carboxylic acid groups (broad SMARTS) is 1. The largest absolute Gasteiger partial charge is 0.475 e. The number of furan rings is 1. The molecule has 1 aromatic rings. The van der Waals surface area contributed by atoms with Crippen LogP contribution in [0.5, 0.6) is 0 Å². The number of unbranched alkanes of at least 4 members (excludes halogenated alkanes) is 2. The van der Waals surface area contributed by atoms with Crippen LogP contribution in [0.25, 0.3) is 0 Å². The molecule has 0 saturated heterocycles. The third-order valence-electron chi connectivity index (χ3n) is 3.08. The summed E-state index contributed by atoms with van der Waals surface area (Å²) in [6.07, 6.45) is 2.83. The second-order valence-corrected chi connectivity index (χ2v) is 4.45. The maximum absolute atomic E-state index is 10.7. The summed E-state index contributed by atoms with van der Waals surface area (Å²) in [6, 6.07) is 3.23. The second kappa shape index (κ2) is 7.18. The van der Waals surface area contributed by atoms with Crippen molar-refractivity contribution in [1.29, 1.82) is 0 Å². The lowest BCUT2D eigenvalue weighted by Crippen LogP contribution is -2.23. The minimum atomic E-state index is -1.04. The van der Waals surface area contributed by atoms with E-state index in [-0.39, 0.29) is 18.4 Å². The van der Waals surface area contributed by atoms with Gasteiger partial charge in [-0.2, -0.15) is 0 Å². The lowest BCUT2D eigenvalue weighted by atomic mass is 10.2. The van der Waals surface area contributed by atoms with Gasteiger partial charge in [-0.15, -0.1) is 0 Å². The normalized spacial score (nSPS) is 12.9. The summed E-state index contributed by atoms with van der Waals surface area (Å²) in [6.45, 7) is 3.11. The molecule has 18 heavy (non-hydrogen) atoms. The Kier molecular flexibility index (Phi) is 5.88. The summed E-state index contributed by atoms with van der Waals surface area (Å²) in [5.41, 5.74) is 0. The lowest BCUT2D eigenvalue weighted by Gasteiger charge is -2.22. The zero-order valence-electron chi connectivity index (χ0n) is 10.9. The van der Waals surface area contributed by atoms with Crippen molar-refractivity contribution in [2.75, 3.05) is 20.2 Å². The third kappa shape index (κ3) is 4.16. The van der Waals surface area contributed by atoms with Crippen LogP contribution in [-0.2, 0) is 0 Å². The second-order valence-electron chi connectivity index (χ2n) is 4.45. The molecule has 0 bridgehead atoms. The van der Waals surface area contributed by atoms with Gasteiger partial charge in [-0.05, 0) is 51.9 Å². The first-order valence-electron chi connectivity index (χ1n) is 6.20. The lowest BCUT2D eigenvalue weighted by molar-refractivity contribution is 0.0657. The van der Waals surface area contributed by atoms with Crippen molar-refractivity contribution in [1.82, 2.24) is 4.90 Å². The van der Waals surface area contributed by atoms with Crippen molar-refractivity contribution in [3.63, 3.8) is 0 Å². The first-order chi connectivity index (χ1) is 8.56. The molecular formula is C13H21NO4. The van der Waals surface area contributed by atoms with Crippen molar-refractivity contribution < 1.29 is 19.4 Å². The van der Waals surface area contributed by atoms with Crippen molar-refractivity contribution in [3.05, 3.63) is 23.7 Å². The number of hydrogen-bond donors (Lipinski definition) is 2. The molecular weight excluding hydrogens is 234 g/mol. The average Bonchev–Trinajstić information content (AvgIpc) is 2.83. The molecule has 5 heteroatoms. The Morgan fingerprint density at radius 1 is 1.39 bits per heavy atom. The Labute approximate surface area is 107 Å². The van der Waals surface area contributed by atoms with Gasteiger partial charge < -0.3 is 14.6 Å². The number of nitrogens with zero attached hydrogens (tertiary/aromatic N) is 1. The topological polar surface area (TPSA) is 73.9 Å². The highest BCUT2D eigenvalue weighted by atomic mass is 16.4. The Balaban J connectivity index is 2.46. The Morgan fingerprint density at radius 3 is 2.67 bits per heavy atom. The van der Waals surface area contributed by atoms with E-state index in [2.05, 4.69) is 4.90 Å². The molecule has 0 aliphatic heterocycles. The standard InChI is InChI=1S/C13H21NO4/c1-10(14(2)8-4-3-5-9-15)11-6-7-12(18-11)13(16)17/h6-7,10,15H,3-5,8-9H2,1-2H3,(H,16,17). The number of carboxylic acids is 1. The summed E-state index contributed by atoms with van der Waals surface area (Å²) in [5.74, 6) is -0.401. The van der Waals surface area contributed by atoms with E-state index in [9.17, 15) is 4.79 Å². The molecule has 0 saturated carbocycles. The quantitative estimate of drug-likeness (QED) is 0.696. The fraction of sp³-hybridized carbons (Fsp3) is 0.615. The highest BCUT2D eigenvalue weighted by molar-refractivity contribution is 5.84. The molecule has 0 aliphatic rings. The van der Waals surface area contributed by atoms with Gasteiger partial charge in [0.1, 0.15) is 5.76 Å². The number of aromatic carboxylic acids is 1. The van der Waals surface area contributed by atoms with Gasteiger partial charge in [0, 0.05) is 6.61 Å². The predicted molar refractivity (Wildman–Crippen MR) is 67.6 cm³/mol. The van der Waals surface area contributed by atoms with Crippen molar-refractivity contribution in [2.45, 2.75) is 32.2 Å². The van der Waals surface area contributed by atoms with E-state index in [1.807, 2.05) is 14.0 Å². The van der Waals surface area contributed by atoms with Crippen molar-refractivity contribution in [3.8, 4) is 0 Å².